The van der Waals surface area contributed by atoms with Crippen molar-refractivity contribution in [2.75, 3.05) is 13.6 Å². The second-order valence-electron chi connectivity index (χ2n) is 7.09. The van der Waals surface area contributed by atoms with Gasteiger partial charge in [-0.05, 0) is 51.5 Å². The summed E-state index contributed by atoms with van der Waals surface area (Å²) in [7, 11) is 4.59. The Morgan fingerprint density at radius 2 is 2.17 bits per heavy atom. The van der Waals surface area contributed by atoms with Gasteiger partial charge in [0, 0.05) is 25.2 Å². The number of carboxylic acids is 1. The molecule has 0 spiro atoms. The Bertz CT molecular complexity index is 496. The molecule has 130 valence electrons. The maximum atomic E-state index is 11.5. The molecule has 5 nitrogen and oxygen atoms in total. The van der Waals surface area contributed by atoms with Crippen LogP contribution in [0.2, 0.25) is 0 Å². The van der Waals surface area contributed by atoms with Crippen LogP contribution in [0, 0.1) is 11.8 Å². The van der Waals surface area contributed by atoms with E-state index in [4.69, 9.17) is 0 Å². The van der Waals surface area contributed by atoms with Crippen LogP contribution in [0.1, 0.15) is 57.2 Å². The Morgan fingerprint density at radius 1 is 1.48 bits per heavy atom. The van der Waals surface area contributed by atoms with E-state index in [1.54, 1.807) is 0 Å². The molecule has 1 unspecified atom stereocenters. The molecular weight excluding hydrogens is 309 g/mol. The lowest BCUT2D eigenvalue weighted by Crippen LogP contribution is -2.19. The van der Waals surface area contributed by atoms with Crippen LogP contribution in [0.25, 0.3) is 0 Å². The van der Waals surface area contributed by atoms with E-state index >= 15 is 0 Å². The van der Waals surface area contributed by atoms with Crippen molar-refractivity contribution < 1.29 is 9.90 Å². The highest BCUT2D eigenvalue weighted by molar-refractivity contribution is 7.13. The molecule has 1 N–H and O–H groups in total. The van der Waals surface area contributed by atoms with Crippen molar-refractivity contribution in [3.8, 4) is 0 Å². The van der Waals surface area contributed by atoms with Gasteiger partial charge < -0.3 is 9.67 Å². The molecule has 1 aliphatic rings. The van der Waals surface area contributed by atoms with Gasteiger partial charge in [-0.15, -0.1) is 0 Å². The second-order valence-corrected chi connectivity index (χ2v) is 7.97. The van der Waals surface area contributed by atoms with Gasteiger partial charge in [-0.1, -0.05) is 16.3 Å². The minimum Gasteiger partial charge on any atom is -0.481 e. The minimum absolute atomic E-state index is 0.338. The van der Waals surface area contributed by atoms with Crippen molar-refractivity contribution in [2.45, 2.75) is 57.9 Å². The highest BCUT2D eigenvalue weighted by Crippen LogP contribution is 2.31. The van der Waals surface area contributed by atoms with Crippen LogP contribution < -0.4 is 0 Å². The first-order valence-corrected chi connectivity index (χ1v) is 9.18. The van der Waals surface area contributed by atoms with Gasteiger partial charge >= 0.3 is 5.97 Å². The van der Waals surface area contributed by atoms with Crippen molar-refractivity contribution in [3.05, 3.63) is 18.2 Å². The average molecular weight is 339 g/mol. The lowest BCUT2D eigenvalue weighted by Gasteiger charge is -2.26. The van der Waals surface area contributed by atoms with Crippen molar-refractivity contribution in [1.82, 2.24) is 14.2 Å². The van der Waals surface area contributed by atoms with Crippen molar-refractivity contribution in [3.63, 3.8) is 0 Å². The largest absolute Gasteiger partial charge is 0.481 e. The van der Waals surface area contributed by atoms with Gasteiger partial charge in [0.05, 0.1) is 17.9 Å². The third kappa shape index (κ3) is 5.89. The van der Waals surface area contributed by atoms with Gasteiger partial charge in [0.1, 0.15) is 0 Å². The molecule has 0 aliphatic heterocycles. The van der Waals surface area contributed by atoms with E-state index in [0.29, 0.717) is 18.9 Å². The van der Waals surface area contributed by atoms with E-state index in [-0.39, 0.29) is 5.92 Å². The number of nitrogens with zero attached hydrogens (tertiary/aromatic N) is 3. The second kappa shape index (κ2) is 8.79. The molecule has 1 aliphatic carbocycles. The molecule has 1 fully saturated rings. The summed E-state index contributed by atoms with van der Waals surface area (Å²) >= 11 is 0. The Morgan fingerprint density at radius 3 is 2.78 bits per heavy atom. The molecule has 0 aromatic carbocycles. The maximum Gasteiger partial charge on any atom is 0.306 e. The minimum atomic E-state index is -0.711. The molecule has 0 radical (unpaired) electrons. The van der Waals surface area contributed by atoms with E-state index in [1.165, 1.54) is 25.7 Å². The first-order chi connectivity index (χ1) is 11.0. The maximum absolute atomic E-state index is 11.5. The Balaban J connectivity index is 1.89. The summed E-state index contributed by atoms with van der Waals surface area (Å²) in [5.74, 6) is -0.215. The Labute approximate surface area is 141 Å². The number of aromatic nitrogens is 2. The molecule has 0 bridgehead atoms. The lowest BCUT2D eigenvalue weighted by molar-refractivity contribution is -0.142. The summed E-state index contributed by atoms with van der Waals surface area (Å²) in [6.07, 6.45) is 11.0. The normalized spacial score (nSPS) is 23.1. The predicted octanol–water partition coefficient (Wildman–Crippen LogP) is 3.38. The van der Waals surface area contributed by atoms with Gasteiger partial charge in [0.15, 0.2) is 0 Å². The Hall–Kier alpha value is -0.930. The third-order valence-corrected chi connectivity index (χ3v) is 5.19. The van der Waals surface area contributed by atoms with E-state index in [9.17, 15) is 9.90 Å². The fraction of sp³-hybridized carbons (Fsp3) is 0.765. The lowest BCUT2D eigenvalue weighted by atomic mass is 9.87. The standard InChI is InChI=1S/C17H30N3O2P/c1-13-5-7-16(8-6-13)20-11-15(18-12-20)10-14(17(21)22)4-3-9-19(2)23/h11-14,16H,3-10,23H2,1-2H3,(H,21,22)/t13?,14-,16?/m0/s1. The number of hydrogen-bond acceptors (Lipinski definition) is 3. The Kier molecular flexibility index (Phi) is 7.04. The van der Waals surface area contributed by atoms with Gasteiger partial charge in [0.25, 0.3) is 0 Å². The quantitative estimate of drug-likeness (QED) is 0.738. The predicted molar refractivity (Wildman–Crippen MR) is 95.3 cm³/mol. The summed E-state index contributed by atoms with van der Waals surface area (Å²) < 4.78 is 4.22. The molecule has 1 aromatic rings. The molecule has 1 heterocycles. The van der Waals surface area contributed by atoms with E-state index in [1.807, 2.05) is 18.0 Å². The van der Waals surface area contributed by atoms with Crippen LogP contribution in [0.5, 0.6) is 0 Å². The topological polar surface area (TPSA) is 58.4 Å². The van der Waals surface area contributed by atoms with Gasteiger partial charge in [-0.3, -0.25) is 9.46 Å². The smallest absolute Gasteiger partial charge is 0.306 e. The number of rotatable bonds is 8. The first kappa shape index (κ1) is 18.4. The van der Waals surface area contributed by atoms with Gasteiger partial charge in [-0.25, -0.2) is 4.98 Å². The molecule has 1 saturated carbocycles. The molecule has 2 atom stereocenters. The first-order valence-electron chi connectivity index (χ1n) is 8.66. The fourth-order valence-corrected chi connectivity index (χ4v) is 3.56. The van der Waals surface area contributed by atoms with E-state index in [0.717, 1.165) is 24.6 Å². The van der Waals surface area contributed by atoms with Crippen molar-refractivity contribution in [2.24, 2.45) is 11.8 Å². The number of imidazole rings is 1. The summed E-state index contributed by atoms with van der Waals surface area (Å²) in [4.78, 5) is 15.9. The van der Waals surface area contributed by atoms with Gasteiger partial charge in [-0.2, -0.15) is 0 Å². The number of carbonyl (C=O) groups is 1. The molecule has 2 rings (SSSR count). The highest BCUT2D eigenvalue weighted by atomic mass is 31.0. The van der Waals surface area contributed by atoms with Gasteiger partial charge in [0.2, 0.25) is 0 Å². The zero-order valence-corrected chi connectivity index (χ0v) is 15.5. The summed E-state index contributed by atoms with van der Waals surface area (Å²) in [6.45, 7) is 3.21. The molecule has 0 amide bonds. The third-order valence-electron chi connectivity index (χ3n) is 4.93. The van der Waals surface area contributed by atoms with Crippen LogP contribution in [0.15, 0.2) is 12.5 Å². The van der Waals surface area contributed by atoms with Crippen LogP contribution in [0.3, 0.4) is 0 Å². The monoisotopic (exact) mass is 339 g/mol. The highest BCUT2D eigenvalue weighted by Gasteiger charge is 2.22. The molecule has 6 heteroatoms. The van der Waals surface area contributed by atoms with E-state index < -0.39 is 5.97 Å². The van der Waals surface area contributed by atoms with E-state index in [2.05, 4.69) is 32.1 Å². The SMILES string of the molecule is CC1CCC(n2cnc(C[C@H](CCCN(C)P)C(=O)O)c2)CC1. The van der Waals surface area contributed by atoms with Crippen molar-refractivity contribution in [1.29, 1.82) is 0 Å². The number of aliphatic carboxylic acids is 1. The number of carboxylic acid groups (broad SMARTS) is 1. The summed E-state index contributed by atoms with van der Waals surface area (Å²) in [5, 5.41) is 9.43. The summed E-state index contributed by atoms with van der Waals surface area (Å²) in [5.41, 5.74) is 0.912. The molecule has 1 aromatic heterocycles. The number of hydrogen-bond donors (Lipinski definition) is 1. The molecular formula is C17H30N3O2P. The summed E-state index contributed by atoms with van der Waals surface area (Å²) in [6, 6.07) is 0.543. The molecule has 0 saturated heterocycles. The van der Waals surface area contributed by atoms with Crippen LogP contribution in [0.4, 0.5) is 0 Å². The average Bonchev–Trinajstić information content (AvgIpc) is 2.95. The van der Waals surface area contributed by atoms with Crippen molar-refractivity contribution >= 4 is 15.4 Å². The zero-order chi connectivity index (χ0) is 16.8. The van der Waals surface area contributed by atoms with Crippen LogP contribution in [-0.2, 0) is 11.2 Å². The zero-order valence-electron chi connectivity index (χ0n) is 14.3. The molecule has 23 heavy (non-hydrogen) atoms. The van der Waals surface area contributed by atoms with Crippen LogP contribution in [-0.4, -0.2) is 38.9 Å². The van der Waals surface area contributed by atoms with Crippen LogP contribution >= 0.6 is 9.39 Å². The fourth-order valence-electron chi connectivity index (χ4n) is 3.38.